The first-order chi connectivity index (χ1) is 9.67. The molecule has 1 unspecified atom stereocenters. The second-order valence-corrected chi connectivity index (χ2v) is 4.36. The fourth-order valence-electron chi connectivity index (χ4n) is 1.73. The van der Waals surface area contributed by atoms with Gasteiger partial charge in [0.05, 0.1) is 26.4 Å². The molecular formula is C14H12ClN3O2. The van der Waals surface area contributed by atoms with E-state index in [0.29, 0.717) is 22.6 Å². The van der Waals surface area contributed by atoms with E-state index in [9.17, 15) is 5.26 Å². The first-order valence-electron chi connectivity index (χ1n) is 5.80. The summed E-state index contributed by atoms with van der Waals surface area (Å²) in [6.07, 6.45) is 0. The summed E-state index contributed by atoms with van der Waals surface area (Å²) in [6.45, 7) is 0. The van der Waals surface area contributed by atoms with Crippen LogP contribution in [-0.4, -0.2) is 24.2 Å². The van der Waals surface area contributed by atoms with Gasteiger partial charge in [-0.2, -0.15) is 15.2 Å². The van der Waals surface area contributed by atoms with Crippen molar-refractivity contribution in [3.8, 4) is 17.8 Å². The van der Waals surface area contributed by atoms with E-state index in [4.69, 9.17) is 21.1 Å². The fourth-order valence-corrected chi connectivity index (χ4v) is 1.93. The van der Waals surface area contributed by atoms with Gasteiger partial charge < -0.3 is 9.47 Å². The third kappa shape index (κ3) is 2.98. The van der Waals surface area contributed by atoms with Gasteiger partial charge in [0.25, 0.3) is 0 Å². The molecular weight excluding hydrogens is 278 g/mol. The van der Waals surface area contributed by atoms with Crippen LogP contribution in [0.5, 0.6) is 11.8 Å². The molecule has 20 heavy (non-hydrogen) atoms. The van der Waals surface area contributed by atoms with Gasteiger partial charge in [0.1, 0.15) is 5.92 Å². The molecule has 2 aromatic rings. The minimum absolute atomic E-state index is 0.311. The molecule has 5 nitrogen and oxygen atoms in total. The summed E-state index contributed by atoms with van der Waals surface area (Å²) in [4.78, 5) is 8.40. The lowest BCUT2D eigenvalue weighted by atomic mass is 10.00. The summed E-state index contributed by atoms with van der Waals surface area (Å²) in [5.74, 6) is 0.354. The average molecular weight is 290 g/mol. The van der Waals surface area contributed by atoms with E-state index in [1.807, 2.05) is 0 Å². The van der Waals surface area contributed by atoms with Crippen molar-refractivity contribution >= 4 is 11.6 Å². The second-order valence-electron chi connectivity index (χ2n) is 3.93. The molecule has 0 fully saturated rings. The second kappa shape index (κ2) is 6.22. The van der Waals surface area contributed by atoms with Crippen molar-refractivity contribution < 1.29 is 9.47 Å². The van der Waals surface area contributed by atoms with E-state index < -0.39 is 5.92 Å². The van der Waals surface area contributed by atoms with Crippen LogP contribution < -0.4 is 9.47 Å². The van der Waals surface area contributed by atoms with Crippen LogP contribution in [0, 0.1) is 11.3 Å². The minimum Gasteiger partial charge on any atom is -0.481 e. The number of hydrogen-bond acceptors (Lipinski definition) is 5. The van der Waals surface area contributed by atoms with Crippen LogP contribution >= 0.6 is 11.6 Å². The van der Waals surface area contributed by atoms with Gasteiger partial charge >= 0.3 is 0 Å². The summed E-state index contributed by atoms with van der Waals surface area (Å²) in [5, 5.41) is 9.95. The van der Waals surface area contributed by atoms with Crippen LogP contribution in [0.3, 0.4) is 0 Å². The van der Waals surface area contributed by atoms with Gasteiger partial charge in [-0.25, -0.2) is 0 Å². The van der Waals surface area contributed by atoms with Gasteiger partial charge in [0.2, 0.25) is 11.8 Å². The summed E-state index contributed by atoms with van der Waals surface area (Å²) in [6, 6.07) is 10.8. The summed E-state index contributed by atoms with van der Waals surface area (Å²) in [5.41, 5.74) is 0.718. The molecule has 102 valence electrons. The predicted octanol–water partition coefficient (Wildman–Crippen LogP) is 2.80. The zero-order chi connectivity index (χ0) is 14.5. The maximum Gasteiger partial charge on any atom is 0.220 e. The zero-order valence-corrected chi connectivity index (χ0v) is 11.8. The SMILES string of the molecule is COc1cc(OC)nc(C(C#N)c2cccc(Cl)c2)n1. The smallest absolute Gasteiger partial charge is 0.220 e. The lowest BCUT2D eigenvalue weighted by Gasteiger charge is -2.11. The molecule has 0 spiro atoms. The molecule has 1 heterocycles. The highest BCUT2D eigenvalue weighted by molar-refractivity contribution is 6.30. The number of hydrogen-bond donors (Lipinski definition) is 0. The zero-order valence-electron chi connectivity index (χ0n) is 11.0. The quantitative estimate of drug-likeness (QED) is 0.866. The van der Waals surface area contributed by atoms with Crippen molar-refractivity contribution in [2.45, 2.75) is 5.92 Å². The molecule has 0 N–H and O–H groups in total. The Kier molecular flexibility index (Phi) is 4.38. The van der Waals surface area contributed by atoms with E-state index in [-0.39, 0.29) is 0 Å². The Hall–Kier alpha value is -2.32. The lowest BCUT2D eigenvalue weighted by Crippen LogP contribution is -2.06. The summed E-state index contributed by atoms with van der Waals surface area (Å²) >= 11 is 5.95. The Bertz CT molecular complexity index is 633. The van der Waals surface area contributed by atoms with Crippen LogP contribution in [0.15, 0.2) is 30.3 Å². The number of halogens is 1. The molecule has 0 amide bonds. The van der Waals surface area contributed by atoms with Gasteiger partial charge in [-0.05, 0) is 17.7 Å². The Morgan fingerprint density at radius 2 is 1.80 bits per heavy atom. The number of benzene rings is 1. The minimum atomic E-state index is -0.641. The van der Waals surface area contributed by atoms with Crippen molar-refractivity contribution in [3.63, 3.8) is 0 Å². The van der Waals surface area contributed by atoms with Gasteiger partial charge in [-0.1, -0.05) is 23.7 Å². The van der Waals surface area contributed by atoms with E-state index in [1.54, 1.807) is 30.3 Å². The van der Waals surface area contributed by atoms with E-state index in [1.165, 1.54) is 14.2 Å². The normalized spacial score (nSPS) is 11.5. The standard InChI is InChI=1S/C14H12ClN3O2/c1-19-12-7-13(20-2)18-14(17-12)11(8-16)9-4-3-5-10(15)6-9/h3-7,11H,1-2H3. The summed E-state index contributed by atoms with van der Waals surface area (Å²) in [7, 11) is 2.98. The molecule has 0 radical (unpaired) electrons. The van der Waals surface area contributed by atoms with Gasteiger partial charge in [0.15, 0.2) is 5.82 Å². The summed E-state index contributed by atoms with van der Waals surface area (Å²) < 4.78 is 10.2. The van der Waals surface area contributed by atoms with Crippen LogP contribution in [0.1, 0.15) is 17.3 Å². The van der Waals surface area contributed by atoms with E-state index >= 15 is 0 Å². The molecule has 0 saturated carbocycles. The number of methoxy groups -OCH3 is 2. The molecule has 0 bridgehead atoms. The van der Waals surface area contributed by atoms with Crippen molar-refractivity contribution in [1.29, 1.82) is 5.26 Å². The molecule has 2 rings (SSSR count). The maximum atomic E-state index is 9.40. The van der Waals surface area contributed by atoms with Crippen molar-refractivity contribution in [2.24, 2.45) is 0 Å². The van der Waals surface area contributed by atoms with Crippen LogP contribution in [0.2, 0.25) is 5.02 Å². The highest BCUT2D eigenvalue weighted by atomic mass is 35.5. The molecule has 0 aliphatic rings. The average Bonchev–Trinajstić information content (AvgIpc) is 2.47. The van der Waals surface area contributed by atoms with E-state index in [0.717, 1.165) is 5.56 Å². The van der Waals surface area contributed by atoms with Gasteiger partial charge in [0, 0.05) is 5.02 Å². The Balaban J connectivity index is 2.49. The van der Waals surface area contributed by atoms with Gasteiger partial charge in [-0.15, -0.1) is 0 Å². The number of aromatic nitrogens is 2. The fraction of sp³-hybridized carbons (Fsp3) is 0.214. The topological polar surface area (TPSA) is 68.0 Å². The monoisotopic (exact) mass is 289 g/mol. The molecule has 0 aliphatic heterocycles. The molecule has 0 saturated heterocycles. The highest BCUT2D eigenvalue weighted by Gasteiger charge is 2.19. The number of nitrogens with zero attached hydrogens (tertiary/aromatic N) is 3. The van der Waals surface area contributed by atoms with Crippen LogP contribution in [-0.2, 0) is 0 Å². The first-order valence-corrected chi connectivity index (χ1v) is 6.17. The third-order valence-corrected chi connectivity index (χ3v) is 2.92. The van der Waals surface area contributed by atoms with Crippen molar-refractivity contribution in [1.82, 2.24) is 9.97 Å². The number of nitriles is 1. The number of ether oxygens (including phenoxy) is 2. The molecule has 1 atom stereocenters. The molecule has 1 aromatic heterocycles. The Labute approximate surface area is 121 Å². The molecule has 0 aliphatic carbocycles. The van der Waals surface area contributed by atoms with Crippen molar-refractivity contribution in [3.05, 3.63) is 46.7 Å². The molecule has 1 aromatic carbocycles. The highest BCUT2D eigenvalue weighted by Crippen LogP contribution is 2.26. The lowest BCUT2D eigenvalue weighted by molar-refractivity contribution is 0.368. The Morgan fingerprint density at radius 3 is 2.30 bits per heavy atom. The number of rotatable bonds is 4. The van der Waals surface area contributed by atoms with E-state index in [2.05, 4.69) is 16.0 Å². The van der Waals surface area contributed by atoms with Crippen molar-refractivity contribution in [2.75, 3.05) is 14.2 Å². The third-order valence-electron chi connectivity index (χ3n) is 2.68. The van der Waals surface area contributed by atoms with Crippen LogP contribution in [0.25, 0.3) is 0 Å². The largest absolute Gasteiger partial charge is 0.481 e. The Morgan fingerprint density at radius 1 is 1.15 bits per heavy atom. The maximum absolute atomic E-state index is 9.40. The van der Waals surface area contributed by atoms with Gasteiger partial charge in [-0.3, -0.25) is 0 Å². The van der Waals surface area contributed by atoms with Crippen LogP contribution in [0.4, 0.5) is 0 Å². The molecule has 6 heteroatoms. The predicted molar refractivity (Wildman–Crippen MR) is 74.0 cm³/mol. The first kappa shape index (κ1) is 14.1.